The molecule has 0 spiro atoms. The van der Waals surface area contributed by atoms with E-state index in [0.717, 1.165) is 11.1 Å². The van der Waals surface area contributed by atoms with Gasteiger partial charge in [-0.3, -0.25) is 4.79 Å². The molecule has 2 rings (SSSR count). The lowest BCUT2D eigenvalue weighted by molar-refractivity contribution is -0.120. The molecule has 2 aromatic rings. The topological polar surface area (TPSA) is 59.6 Å². The van der Waals surface area contributed by atoms with Crippen molar-refractivity contribution in [3.05, 3.63) is 57.6 Å². The highest BCUT2D eigenvalue weighted by Crippen LogP contribution is 2.27. The summed E-state index contributed by atoms with van der Waals surface area (Å²) in [5, 5.41) is 7.18. The third-order valence-corrected chi connectivity index (χ3v) is 4.38. The van der Waals surface area contributed by atoms with Gasteiger partial charge in [0.2, 0.25) is 5.91 Å². The summed E-state index contributed by atoms with van der Waals surface area (Å²) in [7, 11) is 3.19. The van der Waals surface area contributed by atoms with Crippen LogP contribution in [0.3, 0.4) is 0 Å². The van der Waals surface area contributed by atoms with Crippen molar-refractivity contribution in [2.24, 2.45) is 0 Å². The smallest absolute Gasteiger partial charge is 0.233 e. The monoisotopic (exact) mass is 396 g/mol. The summed E-state index contributed by atoms with van der Waals surface area (Å²) in [5.74, 6) is 1.27. The zero-order valence-corrected chi connectivity index (χ0v) is 16.3. The van der Waals surface area contributed by atoms with Crippen LogP contribution in [0.5, 0.6) is 11.5 Å². The summed E-state index contributed by atoms with van der Waals surface area (Å²) in [4.78, 5) is 11.9. The first kappa shape index (κ1) is 20.4. The number of amides is 1. The number of rotatable bonds is 9. The summed E-state index contributed by atoms with van der Waals surface area (Å²) >= 11 is 12.0. The summed E-state index contributed by atoms with van der Waals surface area (Å²) in [5.41, 5.74) is 1.96. The molecule has 2 N–H and O–H groups in total. The molecule has 1 amide bonds. The van der Waals surface area contributed by atoms with Crippen molar-refractivity contribution in [2.75, 3.05) is 27.3 Å². The van der Waals surface area contributed by atoms with Gasteiger partial charge in [-0.1, -0.05) is 35.3 Å². The zero-order valence-electron chi connectivity index (χ0n) is 14.8. The van der Waals surface area contributed by atoms with E-state index in [0.29, 0.717) is 41.1 Å². The average Bonchev–Trinajstić information content (AvgIpc) is 2.63. The molecule has 0 bridgehead atoms. The lowest BCUT2D eigenvalue weighted by atomic mass is 10.1. The second kappa shape index (κ2) is 10.3. The second-order valence-corrected chi connectivity index (χ2v) is 6.47. The predicted octanol–water partition coefficient (Wildman–Crippen LogP) is 3.46. The molecule has 0 saturated carbocycles. The molecule has 2 aromatic carbocycles. The number of benzene rings is 2. The molecule has 5 nitrogen and oxygen atoms in total. The molecule has 0 fully saturated rings. The lowest BCUT2D eigenvalue weighted by Gasteiger charge is -2.11. The van der Waals surface area contributed by atoms with Gasteiger partial charge in [-0.15, -0.1) is 0 Å². The van der Waals surface area contributed by atoms with Crippen molar-refractivity contribution in [2.45, 2.75) is 13.0 Å². The van der Waals surface area contributed by atoms with Gasteiger partial charge < -0.3 is 20.1 Å². The molecule has 0 radical (unpaired) electrons. The SMILES string of the molecule is COc1ccc(CNCC(=O)NCCc2ccc(Cl)cc2Cl)cc1OC. The molecule has 7 heteroatoms. The van der Waals surface area contributed by atoms with Gasteiger partial charge in [-0.2, -0.15) is 0 Å². The van der Waals surface area contributed by atoms with Gasteiger partial charge in [-0.25, -0.2) is 0 Å². The van der Waals surface area contributed by atoms with Crippen molar-refractivity contribution in [1.29, 1.82) is 0 Å². The molecular weight excluding hydrogens is 375 g/mol. The van der Waals surface area contributed by atoms with Gasteiger partial charge in [0, 0.05) is 23.1 Å². The Labute approximate surface area is 163 Å². The Morgan fingerprint density at radius 2 is 1.81 bits per heavy atom. The molecule has 0 aliphatic carbocycles. The minimum atomic E-state index is -0.0736. The fourth-order valence-electron chi connectivity index (χ4n) is 2.43. The standard InChI is InChI=1S/C19H22Cl2N2O3/c1-25-17-6-3-13(9-18(17)26-2)11-22-12-19(24)23-8-7-14-4-5-15(20)10-16(14)21/h3-6,9-10,22H,7-8,11-12H2,1-2H3,(H,23,24). The van der Waals surface area contributed by atoms with Gasteiger partial charge in [0.05, 0.1) is 20.8 Å². The van der Waals surface area contributed by atoms with Crippen molar-refractivity contribution >= 4 is 29.1 Å². The maximum absolute atomic E-state index is 11.9. The van der Waals surface area contributed by atoms with Gasteiger partial charge in [0.25, 0.3) is 0 Å². The highest BCUT2D eigenvalue weighted by atomic mass is 35.5. The van der Waals surface area contributed by atoms with E-state index in [1.54, 1.807) is 26.4 Å². The van der Waals surface area contributed by atoms with E-state index in [1.807, 2.05) is 24.3 Å². The van der Waals surface area contributed by atoms with E-state index in [2.05, 4.69) is 10.6 Å². The first-order valence-corrected chi connectivity index (χ1v) is 8.91. The Morgan fingerprint density at radius 3 is 2.50 bits per heavy atom. The molecule has 0 atom stereocenters. The number of nitrogens with one attached hydrogen (secondary N) is 2. The van der Waals surface area contributed by atoms with Gasteiger partial charge >= 0.3 is 0 Å². The average molecular weight is 397 g/mol. The van der Waals surface area contributed by atoms with Crippen LogP contribution in [0, 0.1) is 0 Å². The largest absolute Gasteiger partial charge is 0.493 e. The first-order chi connectivity index (χ1) is 12.5. The van der Waals surface area contributed by atoms with E-state index in [-0.39, 0.29) is 12.5 Å². The van der Waals surface area contributed by atoms with E-state index < -0.39 is 0 Å². The maximum Gasteiger partial charge on any atom is 0.233 e. The molecule has 140 valence electrons. The van der Waals surface area contributed by atoms with Gasteiger partial charge in [0.1, 0.15) is 0 Å². The molecule has 0 aliphatic heterocycles. The van der Waals surface area contributed by atoms with E-state index in [1.165, 1.54) is 0 Å². The number of carbonyl (C=O) groups excluding carboxylic acids is 1. The normalized spacial score (nSPS) is 10.5. The summed E-state index contributed by atoms with van der Waals surface area (Å²) < 4.78 is 10.5. The molecule has 0 unspecified atom stereocenters. The zero-order chi connectivity index (χ0) is 18.9. The Bertz CT molecular complexity index is 754. The van der Waals surface area contributed by atoms with Crippen LogP contribution in [-0.2, 0) is 17.8 Å². The summed E-state index contributed by atoms with van der Waals surface area (Å²) in [6.07, 6.45) is 0.650. The fraction of sp³-hybridized carbons (Fsp3) is 0.316. The quantitative estimate of drug-likeness (QED) is 0.681. The van der Waals surface area contributed by atoms with Crippen molar-refractivity contribution in [1.82, 2.24) is 10.6 Å². The molecule has 0 aromatic heterocycles. The first-order valence-electron chi connectivity index (χ1n) is 8.15. The van der Waals surface area contributed by atoms with Crippen molar-refractivity contribution < 1.29 is 14.3 Å². The highest BCUT2D eigenvalue weighted by molar-refractivity contribution is 6.35. The van der Waals surface area contributed by atoms with Crippen LogP contribution in [0.1, 0.15) is 11.1 Å². The fourth-order valence-corrected chi connectivity index (χ4v) is 2.94. The van der Waals surface area contributed by atoms with Crippen LogP contribution in [0.25, 0.3) is 0 Å². The maximum atomic E-state index is 11.9. The molecule has 0 heterocycles. The van der Waals surface area contributed by atoms with Gasteiger partial charge in [0.15, 0.2) is 11.5 Å². The molecule has 0 aliphatic rings. The summed E-state index contributed by atoms with van der Waals surface area (Å²) in [6, 6.07) is 11.0. The third-order valence-electron chi connectivity index (χ3n) is 3.79. The predicted molar refractivity (Wildman–Crippen MR) is 104 cm³/mol. The molecular formula is C19H22Cl2N2O3. The number of hydrogen-bond donors (Lipinski definition) is 2. The Hall–Kier alpha value is -1.95. The third kappa shape index (κ3) is 6.09. The minimum Gasteiger partial charge on any atom is -0.493 e. The van der Waals surface area contributed by atoms with Crippen LogP contribution < -0.4 is 20.1 Å². The van der Waals surface area contributed by atoms with Crippen molar-refractivity contribution in [3.63, 3.8) is 0 Å². The Kier molecular flexibility index (Phi) is 8.04. The lowest BCUT2D eigenvalue weighted by Crippen LogP contribution is -2.34. The van der Waals surface area contributed by atoms with Crippen LogP contribution in [-0.4, -0.2) is 33.2 Å². The minimum absolute atomic E-state index is 0.0736. The van der Waals surface area contributed by atoms with E-state index >= 15 is 0 Å². The Balaban J connectivity index is 1.72. The van der Waals surface area contributed by atoms with Crippen LogP contribution in [0.4, 0.5) is 0 Å². The summed E-state index contributed by atoms with van der Waals surface area (Å²) in [6.45, 7) is 1.29. The van der Waals surface area contributed by atoms with E-state index in [9.17, 15) is 4.79 Å². The number of ether oxygens (including phenoxy) is 2. The Morgan fingerprint density at radius 1 is 1.04 bits per heavy atom. The van der Waals surface area contributed by atoms with Crippen molar-refractivity contribution in [3.8, 4) is 11.5 Å². The highest BCUT2D eigenvalue weighted by Gasteiger charge is 2.06. The number of methoxy groups -OCH3 is 2. The molecule has 26 heavy (non-hydrogen) atoms. The van der Waals surface area contributed by atoms with Gasteiger partial charge in [-0.05, 0) is 41.8 Å². The molecule has 0 saturated heterocycles. The van der Waals surface area contributed by atoms with Crippen LogP contribution in [0.15, 0.2) is 36.4 Å². The van der Waals surface area contributed by atoms with E-state index in [4.69, 9.17) is 32.7 Å². The number of carbonyl (C=O) groups is 1. The van der Waals surface area contributed by atoms with Crippen LogP contribution >= 0.6 is 23.2 Å². The number of halogens is 2. The second-order valence-electron chi connectivity index (χ2n) is 5.63. The van der Waals surface area contributed by atoms with Crippen LogP contribution in [0.2, 0.25) is 10.0 Å². The number of hydrogen-bond acceptors (Lipinski definition) is 4.